The van der Waals surface area contributed by atoms with Crippen LogP contribution in [-0.4, -0.2) is 4.98 Å². The Morgan fingerprint density at radius 3 is 2.29 bits per heavy atom. The molecule has 0 aromatic carbocycles. The zero-order valence-corrected chi connectivity index (χ0v) is 12.9. The highest BCUT2D eigenvalue weighted by Crippen LogP contribution is 2.30. The molecule has 2 aromatic rings. The van der Waals surface area contributed by atoms with Crippen molar-refractivity contribution in [1.82, 2.24) is 4.98 Å². The van der Waals surface area contributed by atoms with Gasteiger partial charge < -0.3 is 5.32 Å². The zero-order valence-electron chi connectivity index (χ0n) is 12.1. The van der Waals surface area contributed by atoms with Gasteiger partial charge in [0.25, 0.3) is 0 Å². The number of nitrogens with zero attached hydrogens (tertiary/aromatic N) is 1. The van der Waals surface area contributed by atoms with Gasteiger partial charge in [-0.3, -0.25) is 0 Å². The normalized spacial score (nSPS) is 12.5. The minimum Gasteiger partial charge on any atom is -0.379 e. The van der Waals surface area contributed by atoms with Gasteiger partial charge >= 0.3 is 6.18 Å². The van der Waals surface area contributed by atoms with Crippen LogP contribution in [0.15, 0.2) is 30.5 Å². The van der Waals surface area contributed by atoms with Gasteiger partial charge in [-0.25, -0.2) is 4.98 Å². The molecule has 0 saturated heterocycles. The lowest BCUT2D eigenvalue weighted by atomic mass is 9.95. The number of halogens is 3. The third-order valence-electron chi connectivity index (χ3n) is 2.92. The molecule has 0 atom stereocenters. The largest absolute Gasteiger partial charge is 0.433 e. The molecule has 1 N–H and O–H groups in total. The number of pyridine rings is 1. The summed E-state index contributed by atoms with van der Waals surface area (Å²) >= 11 is 1.70. The standard InChI is InChI=1S/C15H17F3N2S/c1-14(2,3)13-7-5-11(21-13)9-19-10-4-6-12(20-8-10)15(16,17)18/h4-8,19H,9H2,1-3H3. The maximum absolute atomic E-state index is 12.4. The molecule has 0 amide bonds. The highest BCUT2D eigenvalue weighted by Gasteiger charge is 2.31. The van der Waals surface area contributed by atoms with Crippen LogP contribution < -0.4 is 5.32 Å². The average molecular weight is 314 g/mol. The Morgan fingerprint density at radius 1 is 1.10 bits per heavy atom. The van der Waals surface area contributed by atoms with E-state index in [0.717, 1.165) is 10.9 Å². The van der Waals surface area contributed by atoms with Crippen molar-refractivity contribution in [2.24, 2.45) is 0 Å². The maximum Gasteiger partial charge on any atom is 0.433 e. The van der Waals surface area contributed by atoms with Crippen molar-refractivity contribution < 1.29 is 13.2 Å². The van der Waals surface area contributed by atoms with Crippen LogP contribution in [0.4, 0.5) is 18.9 Å². The van der Waals surface area contributed by atoms with Crippen molar-refractivity contribution in [3.63, 3.8) is 0 Å². The number of anilines is 1. The second kappa shape index (κ2) is 5.67. The van der Waals surface area contributed by atoms with Crippen molar-refractivity contribution in [3.8, 4) is 0 Å². The van der Waals surface area contributed by atoms with Crippen LogP contribution in [0, 0.1) is 0 Å². The molecule has 0 radical (unpaired) electrons. The van der Waals surface area contributed by atoms with Crippen LogP contribution in [0.25, 0.3) is 0 Å². The first-order valence-corrected chi connectivity index (χ1v) is 7.34. The van der Waals surface area contributed by atoms with Gasteiger partial charge in [-0.1, -0.05) is 20.8 Å². The van der Waals surface area contributed by atoms with Crippen LogP contribution >= 0.6 is 11.3 Å². The quantitative estimate of drug-likeness (QED) is 0.855. The Hall–Kier alpha value is -1.56. The predicted molar refractivity (Wildman–Crippen MR) is 79.6 cm³/mol. The van der Waals surface area contributed by atoms with Crippen molar-refractivity contribution >= 4 is 17.0 Å². The summed E-state index contributed by atoms with van der Waals surface area (Å²) in [6.45, 7) is 7.02. The number of aromatic nitrogens is 1. The number of thiophene rings is 1. The number of nitrogens with one attached hydrogen (secondary N) is 1. The molecule has 2 rings (SSSR count). The van der Waals surface area contributed by atoms with E-state index in [1.807, 2.05) is 6.07 Å². The molecular formula is C15H17F3N2S. The summed E-state index contributed by atoms with van der Waals surface area (Å²) in [7, 11) is 0. The molecule has 0 aliphatic heterocycles. The number of hydrogen-bond acceptors (Lipinski definition) is 3. The van der Waals surface area contributed by atoms with Crippen LogP contribution in [0.2, 0.25) is 0 Å². The monoisotopic (exact) mass is 314 g/mol. The fourth-order valence-electron chi connectivity index (χ4n) is 1.73. The summed E-state index contributed by atoms with van der Waals surface area (Å²) in [5, 5.41) is 3.08. The molecule has 2 nitrogen and oxygen atoms in total. The van der Waals surface area contributed by atoms with Gasteiger partial charge in [-0.2, -0.15) is 13.2 Å². The summed E-state index contributed by atoms with van der Waals surface area (Å²) in [4.78, 5) is 5.84. The van der Waals surface area contributed by atoms with Crippen molar-refractivity contribution in [3.05, 3.63) is 45.9 Å². The first kappa shape index (κ1) is 15.8. The number of alkyl halides is 3. The zero-order chi connectivity index (χ0) is 15.7. The fourth-order valence-corrected chi connectivity index (χ4v) is 2.74. The van der Waals surface area contributed by atoms with Gasteiger partial charge in [0.05, 0.1) is 11.9 Å². The molecule has 0 spiro atoms. The van der Waals surface area contributed by atoms with E-state index in [4.69, 9.17) is 0 Å². The van der Waals surface area contributed by atoms with Gasteiger partial charge in [0.15, 0.2) is 0 Å². The molecule has 0 aliphatic carbocycles. The SMILES string of the molecule is CC(C)(C)c1ccc(CNc2ccc(C(F)(F)F)nc2)s1. The fraction of sp³-hybridized carbons (Fsp3) is 0.400. The summed E-state index contributed by atoms with van der Waals surface area (Å²) in [5.74, 6) is 0. The van der Waals surface area contributed by atoms with Gasteiger partial charge in [0.2, 0.25) is 0 Å². The molecule has 114 valence electrons. The van der Waals surface area contributed by atoms with Gasteiger partial charge in [0, 0.05) is 16.3 Å². The van der Waals surface area contributed by atoms with Crippen LogP contribution in [0.1, 0.15) is 36.2 Å². The van der Waals surface area contributed by atoms with E-state index in [9.17, 15) is 13.2 Å². The topological polar surface area (TPSA) is 24.9 Å². The molecule has 6 heteroatoms. The van der Waals surface area contributed by atoms with Gasteiger partial charge in [-0.05, 0) is 29.7 Å². The molecule has 0 fully saturated rings. The molecule has 21 heavy (non-hydrogen) atoms. The smallest absolute Gasteiger partial charge is 0.379 e. The predicted octanol–water partition coefficient (Wildman–Crippen LogP) is 5.07. The average Bonchev–Trinajstić information content (AvgIpc) is 2.84. The summed E-state index contributed by atoms with van der Waals surface area (Å²) in [5.41, 5.74) is -0.188. The van der Waals surface area contributed by atoms with Gasteiger partial charge in [0.1, 0.15) is 5.69 Å². The lowest BCUT2D eigenvalue weighted by Crippen LogP contribution is -2.08. The molecule has 0 saturated carbocycles. The Kier molecular flexibility index (Phi) is 4.27. The van der Waals surface area contributed by atoms with Gasteiger partial charge in [-0.15, -0.1) is 11.3 Å². The van der Waals surface area contributed by atoms with Crippen LogP contribution in [-0.2, 0) is 18.1 Å². The number of rotatable bonds is 3. The van der Waals surface area contributed by atoms with Crippen molar-refractivity contribution in [2.75, 3.05) is 5.32 Å². The lowest BCUT2D eigenvalue weighted by molar-refractivity contribution is -0.141. The van der Waals surface area contributed by atoms with E-state index < -0.39 is 11.9 Å². The van der Waals surface area contributed by atoms with E-state index in [1.54, 1.807) is 11.3 Å². The molecule has 0 unspecified atom stereocenters. The second-order valence-corrected chi connectivity index (χ2v) is 6.97. The molecule has 2 heterocycles. The Balaban J connectivity index is 1.99. The third-order valence-corrected chi connectivity index (χ3v) is 4.43. The highest BCUT2D eigenvalue weighted by molar-refractivity contribution is 7.12. The first-order chi connectivity index (χ1) is 9.66. The molecular weight excluding hydrogens is 297 g/mol. The van der Waals surface area contributed by atoms with E-state index in [0.29, 0.717) is 12.2 Å². The third kappa shape index (κ3) is 4.20. The molecule has 0 aliphatic rings. The lowest BCUT2D eigenvalue weighted by Gasteiger charge is -2.15. The summed E-state index contributed by atoms with van der Waals surface area (Å²) in [6, 6.07) is 6.51. The number of hydrogen-bond donors (Lipinski definition) is 1. The molecule has 0 bridgehead atoms. The Bertz CT molecular complexity index is 595. The minimum atomic E-state index is -4.39. The summed E-state index contributed by atoms with van der Waals surface area (Å²) < 4.78 is 37.2. The Morgan fingerprint density at radius 2 is 1.81 bits per heavy atom. The van der Waals surface area contributed by atoms with E-state index in [1.165, 1.54) is 17.1 Å². The highest BCUT2D eigenvalue weighted by atomic mass is 32.1. The van der Waals surface area contributed by atoms with Crippen LogP contribution in [0.3, 0.4) is 0 Å². The van der Waals surface area contributed by atoms with E-state index in [-0.39, 0.29) is 5.41 Å². The van der Waals surface area contributed by atoms with Crippen molar-refractivity contribution in [1.29, 1.82) is 0 Å². The van der Waals surface area contributed by atoms with Crippen LogP contribution in [0.5, 0.6) is 0 Å². The first-order valence-electron chi connectivity index (χ1n) is 6.52. The van der Waals surface area contributed by atoms with E-state index >= 15 is 0 Å². The summed E-state index contributed by atoms with van der Waals surface area (Å²) in [6.07, 6.45) is -3.19. The van der Waals surface area contributed by atoms with E-state index in [2.05, 4.69) is 37.1 Å². The maximum atomic E-state index is 12.4. The minimum absolute atomic E-state index is 0.110. The second-order valence-electron chi connectivity index (χ2n) is 5.80. The van der Waals surface area contributed by atoms with Crippen molar-refractivity contribution in [2.45, 2.75) is 38.9 Å². The Labute approximate surface area is 126 Å². The molecule has 2 aromatic heterocycles.